The van der Waals surface area contributed by atoms with Crippen LogP contribution in [0.3, 0.4) is 0 Å². The molecule has 3 nitrogen and oxygen atoms in total. The molecule has 1 unspecified atom stereocenters. The molecule has 0 spiro atoms. The van der Waals surface area contributed by atoms with Crippen LogP contribution in [0.15, 0.2) is 24.3 Å². The zero-order valence-corrected chi connectivity index (χ0v) is 14.5. The molecule has 126 valence electrons. The third-order valence-electron chi connectivity index (χ3n) is 3.95. The number of morpholine rings is 1. The lowest BCUT2D eigenvalue weighted by molar-refractivity contribution is 0.0277. The van der Waals surface area contributed by atoms with Crippen LogP contribution in [0.4, 0.5) is 0 Å². The monoisotopic (exact) mass is 327 g/mol. The first-order valence-electron chi connectivity index (χ1n) is 8.45. The molecule has 1 saturated heterocycles. The van der Waals surface area contributed by atoms with E-state index in [1.54, 1.807) is 0 Å². The van der Waals surface area contributed by atoms with Crippen LogP contribution in [-0.2, 0) is 4.74 Å². The van der Waals surface area contributed by atoms with Crippen LogP contribution in [0.25, 0.3) is 0 Å². The Balaban J connectivity index is 0.00000242. The molecule has 4 heteroatoms. The number of hydrogen-bond acceptors (Lipinski definition) is 3. The molecule has 0 bridgehead atoms. The highest BCUT2D eigenvalue weighted by molar-refractivity contribution is 5.85. The Morgan fingerprint density at radius 3 is 2.50 bits per heavy atom. The summed E-state index contributed by atoms with van der Waals surface area (Å²) in [6.45, 7) is 5.73. The molecule has 2 rings (SSSR count). The Labute approximate surface area is 141 Å². The third-order valence-corrected chi connectivity index (χ3v) is 3.95. The van der Waals surface area contributed by atoms with Gasteiger partial charge in [-0.2, -0.15) is 0 Å². The molecule has 1 aromatic carbocycles. The number of ether oxygens (including phenoxy) is 2. The molecule has 0 amide bonds. The van der Waals surface area contributed by atoms with Crippen molar-refractivity contribution in [3.8, 4) is 5.75 Å². The summed E-state index contributed by atoms with van der Waals surface area (Å²) in [5.41, 5.74) is 1.23. The Hall–Kier alpha value is -0.770. The maximum atomic E-state index is 5.80. The maximum absolute atomic E-state index is 5.80. The summed E-state index contributed by atoms with van der Waals surface area (Å²) >= 11 is 0. The van der Waals surface area contributed by atoms with Gasteiger partial charge in [-0.3, -0.25) is 0 Å². The van der Waals surface area contributed by atoms with Gasteiger partial charge in [0, 0.05) is 13.1 Å². The molecule has 1 aliphatic heterocycles. The van der Waals surface area contributed by atoms with Gasteiger partial charge in [0.2, 0.25) is 0 Å². The molecule has 0 aliphatic carbocycles. The molecular formula is C18H30ClNO2. The minimum atomic E-state index is 0. The first-order chi connectivity index (χ1) is 10.4. The van der Waals surface area contributed by atoms with Gasteiger partial charge in [0.25, 0.3) is 0 Å². The molecule has 0 saturated carbocycles. The van der Waals surface area contributed by atoms with Gasteiger partial charge < -0.3 is 14.8 Å². The van der Waals surface area contributed by atoms with E-state index in [2.05, 4.69) is 36.5 Å². The Morgan fingerprint density at radius 1 is 1.09 bits per heavy atom. The molecule has 1 N–H and O–H groups in total. The van der Waals surface area contributed by atoms with Gasteiger partial charge in [-0.15, -0.1) is 12.4 Å². The second kappa shape index (κ2) is 11.8. The number of hydrogen-bond donors (Lipinski definition) is 1. The zero-order chi connectivity index (χ0) is 14.8. The van der Waals surface area contributed by atoms with Crippen LogP contribution in [0, 0.1) is 0 Å². The highest BCUT2D eigenvalue weighted by Crippen LogP contribution is 2.21. The fourth-order valence-corrected chi connectivity index (χ4v) is 2.63. The minimum Gasteiger partial charge on any atom is -0.494 e. The van der Waals surface area contributed by atoms with Gasteiger partial charge >= 0.3 is 0 Å². The van der Waals surface area contributed by atoms with Gasteiger partial charge in [0.1, 0.15) is 5.75 Å². The van der Waals surface area contributed by atoms with Gasteiger partial charge in [-0.25, -0.2) is 0 Å². The summed E-state index contributed by atoms with van der Waals surface area (Å²) in [7, 11) is 0. The van der Waals surface area contributed by atoms with E-state index in [1.807, 2.05) is 0 Å². The molecular weight excluding hydrogens is 298 g/mol. The molecule has 0 radical (unpaired) electrons. The van der Waals surface area contributed by atoms with E-state index in [0.29, 0.717) is 0 Å². The number of unbranched alkanes of at least 4 members (excludes halogenated alkanes) is 5. The van der Waals surface area contributed by atoms with E-state index >= 15 is 0 Å². The fraction of sp³-hybridized carbons (Fsp3) is 0.667. The van der Waals surface area contributed by atoms with Crippen LogP contribution in [0.5, 0.6) is 5.75 Å². The second-order valence-corrected chi connectivity index (χ2v) is 5.75. The van der Waals surface area contributed by atoms with Crippen molar-refractivity contribution in [2.45, 2.75) is 51.6 Å². The van der Waals surface area contributed by atoms with Gasteiger partial charge in [0.15, 0.2) is 0 Å². The lowest BCUT2D eigenvalue weighted by Gasteiger charge is -2.24. The lowest BCUT2D eigenvalue weighted by atomic mass is 10.1. The SMILES string of the molecule is CCCCCCCCOc1ccc(C2CNCCO2)cc1.Cl. The normalized spacial score (nSPS) is 17.8. The van der Waals surface area contributed by atoms with E-state index in [-0.39, 0.29) is 18.5 Å². The van der Waals surface area contributed by atoms with E-state index in [4.69, 9.17) is 9.47 Å². The summed E-state index contributed by atoms with van der Waals surface area (Å²) < 4.78 is 11.5. The zero-order valence-electron chi connectivity index (χ0n) is 13.7. The van der Waals surface area contributed by atoms with Crippen LogP contribution in [0.2, 0.25) is 0 Å². The van der Waals surface area contributed by atoms with Crippen molar-refractivity contribution in [2.24, 2.45) is 0 Å². The fourth-order valence-electron chi connectivity index (χ4n) is 2.63. The number of nitrogens with one attached hydrogen (secondary N) is 1. The third kappa shape index (κ3) is 6.99. The highest BCUT2D eigenvalue weighted by atomic mass is 35.5. The Kier molecular flexibility index (Phi) is 10.3. The Bertz CT molecular complexity index is 377. The van der Waals surface area contributed by atoms with E-state index in [1.165, 1.54) is 37.7 Å². The number of benzene rings is 1. The number of halogens is 1. The molecule has 0 aromatic heterocycles. The van der Waals surface area contributed by atoms with Crippen LogP contribution >= 0.6 is 12.4 Å². The van der Waals surface area contributed by atoms with Gasteiger partial charge in [-0.05, 0) is 24.1 Å². The first kappa shape index (κ1) is 19.3. The van der Waals surface area contributed by atoms with Crippen molar-refractivity contribution in [3.63, 3.8) is 0 Å². The van der Waals surface area contributed by atoms with E-state index < -0.39 is 0 Å². The second-order valence-electron chi connectivity index (χ2n) is 5.75. The van der Waals surface area contributed by atoms with Crippen molar-refractivity contribution in [1.82, 2.24) is 5.32 Å². The maximum Gasteiger partial charge on any atom is 0.119 e. The van der Waals surface area contributed by atoms with Crippen molar-refractivity contribution >= 4 is 12.4 Å². The first-order valence-corrected chi connectivity index (χ1v) is 8.45. The Morgan fingerprint density at radius 2 is 1.82 bits per heavy atom. The van der Waals surface area contributed by atoms with Crippen LogP contribution in [-0.4, -0.2) is 26.3 Å². The molecule has 1 aromatic rings. The largest absolute Gasteiger partial charge is 0.494 e. The minimum absolute atomic E-state index is 0. The van der Waals surface area contributed by atoms with Crippen LogP contribution in [0.1, 0.15) is 57.1 Å². The quantitative estimate of drug-likeness (QED) is 0.677. The highest BCUT2D eigenvalue weighted by Gasteiger charge is 2.15. The average Bonchev–Trinajstić information content (AvgIpc) is 2.55. The topological polar surface area (TPSA) is 30.5 Å². The molecule has 1 aliphatic rings. The van der Waals surface area contributed by atoms with E-state index in [9.17, 15) is 0 Å². The molecule has 22 heavy (non-hydrogen) atoms. The summed E-state index contributed by atoms with van der Waals surface area (Å²) in [6, 6.07) is 8.36. The average molecular weight is 328 g/mol. The van der Waals surface area contributed by atoms with Crippen LogP contribution < -0.4 is 10.1 Å². The lowest BCUT2D eigenvalue weighted by Crippen LogP contribution is -2.33. The van der Waals surface area contributed by atoms with Gasteiger partial charge in [0.05, 0.1) is 19.3 Å². The molecule has 1 heterocycles. The van der Waals surface area contributed by atoms with Crippen molar-refractivity contribution in [1.29, 1.82) is 0 Å². The molecule has 1 atom stereocenters. The van der Waals surface area contributed by atoms with Crippen molar-refractivity contribution < 1.29 is 9.47 Å². The summed E-state index contributed by atoms with van der Waals surface area (Å²) in [5.74, 6) is 0.969. The van der Waals surface area contributed by atoms with Gasteiger partial charge in [-0.1, -0.05) is 51.2 Å². The predicted octanol–water partition coefficient (Wildman–Crippen LogP) is 4.51. The standard InChI is InChI=1S/C18H29NO2.ClH/c1-2-3-4-5-6-7-13-20-17-10-8-16(9-11-17)18-15-19-12-14-21-18;/h8-11,18-19H,2-7,12-15H2,1H3;1H. The number of rotatable bonds is 9. The summed E-state index contributed by atoms with van der Waals surface area (Å²) in [6.07, 6.45) is 7.99. The smallest absolute Gasteiger partial charge is 0.119 e. The predicted molar refractivity (Wildman–Crippen MR) is 94.1 cm³/mol. The van der Waals surface area contributed by atoms with Crippen molar-refractivity contribution in [2.75, 3.05) is 26.3 Å². The van der Waals surface area contributed by atoms with E-state index in [0.717, 1.165) is 38.5 Å². The summed E-state index contributed by atoms with van der Waals surface area (Å²) in [4.78, 5) is 0. The summed E-state index contributed by atoms with van der Waals surface area (Å²) in [5, 5.41) is 3.35. The molecule has 1 fully saturated rings. The van der Waals surface area contributed by atoms with Crippen molar-refractivity contribution in [3.05, 3.63) is 29.8 Å².